The lowest BCUT2D eigenvalue weighted by molar-refractivity contribution is -0.138. The zero-order valence-corrected chi connectivity index (χ0v) is 22.4. The largest absolute Gasteiger partial charge is 0.418 e. The first kappa shape index (κ1) is 29.9. The number of rotatable bonds is 5. The minimum Gasteiger partial charge on any atom is -0.267 e. The van der Waals surface area contributed by atoms with E-state index < -0.39 is 36.1 Å². The monoisotopic (exact) mass is 578 g/mol. The lowest BCUT2D eigenvalue weighted by atomic mass is 9.84. The van der Waals surface area contributed by atoms with E-state index in [2.05, 4.69) is 20.2 Å². The fraction of sp³-hybridized carbons (Fsp3) is 0.393. The number of aromatic nitrogens is 6. The van der Waals surface area contributed by atoms with Gasteiger partial charge in [-0.2, -0.15) is 18.3 Å². The van der Waals surface area contributed by atoms with E-state index in [1.54, 1.807) is 6.07 Å². The number of nitrogens with zero attached hydrogens (tertiary/aromatic N) is 6. The summed E-state index contributed by atoms with van der Waals surface area (Å²) in [5.41, 5.74) is -0.496. The molecule has 0 amide bonds. The molecule has 1 aliphatic carbocycles. The van der Waals surface area contributed by atoms with Crippen molar-refractivity contribution in [3.8, 4) is 11.5 Å². The van der Waals surface area contributed by atoms with Crippen LogP contribution in [0.1, 0.15) is 72.7 Å². The molecule has 0 radical (unpaired) electrons. The fourth-order valence-electron chi connectivity index (χ4n) is 4.75. The van der Waals surface area contributed by atoms with Gasteiger partial charge in [0.05, 0.1) is 17.8 Å². The number of benzene rings is 1. The average molecular weight is 579 g/mol. The molecule has 0 atom stereocenters. The highest BCUT2D eigenvalue weighted by Crippen LogP contribution is 2.33. The Balaban J connectivity index is 0.000000417. The summed E-state index contributed by atoms with van der Waals surface area (Å²) in [5.74, 6) is -0.975. The minimum absolute atomic E-state index is 0.0437. The van der Waals surface area contributed by atoms with E-state index in [1.165, 1.54) is 31.4 Å². The van der Waals surface area contributed by atoms with Crippen molar-refractivity contribution >= 4 is 0 Å². The second-order valence-corrected chi connectivity index (χ2v) is 9.80. The molecule has 0 N–H and O–H groups in total. The maximum atomic E-state index is 13.4. The van der Waals surface area contributed by atoms with Crippen LogP contribution in [-0.2, 0) is 19.8 Å². The van der Waals surface area contributed by atoms with E-state index in [1.807, 2.05) is 13.0 Å². The first-order chi connectivity index (χ1) is 19.4. The lowest BCUT2D eigenvalue weighted by Gasteiger charge is -2.22. The van der Waals surface area contributed by atoms with Crippen LogP contribution in [0.5, 0.6) is 0 Å². The van der Waals surface area contributed by atoms with E-state index in [4.69, 9.17) is 0 Å². The standard InChI is InChI=1S/C21H21F5N6O.C7H7F/c1-31-19(17(22)23)28-18(30-31)15-10-13(12-6-3-2-4-7-12)20(33)32(29-15)11-16-14(21(24,25)26)8-5-9-27-16;1-6-3-2-4-7(8)5-6/h5,8-10,12,17H,2-4,6-7,11H2,1H3;2-5H,1H3. The van der Waals surface area contributed by atoms with Gasteiger partial charge in [0.25, 0.3) is 12.0 Å². The van der Waals surface area contributed by atoms with Crippen LogP contribution in [-0.4, -0.2) is 29.5 Å². The third kappa shape index (κ3) is 7.39. The van der Waals surface area contributed by atoms with Crippen LogP contribution in [0.25, 0.3) is 11.5 Å². The van der Waals surface area contributed by atoms with Crippen LogP contribution in [0.15, 0.2) is 53.5 Å². The molecule has 41 heavy (non-hydrogen) atoms. The molecule has 4 aromatic rings. The van der Waals surface area contributed by atoms with Crippen molar-refractivity contribution in [1.29, 1.82) is 0 Å². The minimum atomic E-state index is -4.66. The first-order valence-corrected chi connectivity index (χ1v) is 13.0. The fourth-order valence-corrected chi connectivity index (χ4v) is 4.75. The van der Waals surface area contributed by atoms with Gasteiger partial charge in [-0.1, -0.05) is 31.4 Å². The summed E-state index contributed by atoms with van der Waals surface area (Å²) >= 11 is 0. The zero-order valence-electron chi connectivity index (χ0n) is 22.4. The summed E-state index contributed by atoms with van der Waals surface area (Å²) in [6.07, 6.45) is -1.98. The second kappa shape index (κ2) is 12.6. The van der Waals surface area contributed by atoms with E-state index in [-0.39, 0.29) is 28.9 Å². The van der Waals surface area contributed by atoms with Gasteiger partial charge < -0.3 is 0 Å². The van der Waals surface area contributed by atoms with Crippen LogP contribution in [0, 0.1) is 12.7 Å². The molecule has 1 aromatic carbocycles. The Kier molecular flexibility index (Phi) is 9.24. The van der Waals surface area contributed by atoms with Crippen molar-refractivity contribution in [2.24, 2.45) is 7.05 Å². The van der Waals surface area contributed by atoms with Gasteiger partial charge in [-0.15, -0.1) is 5.10 Å². The van der Waals surface area contributed by atoms with Crippen molar-refractivity contribution in [2.45, 2.75) is 64.1 Å². The molecule has 1 saturated carbocycles. The highest BCUT2D eigenvalue weighted by molar-refractivity contribution is 5.49. The quantitative estimate of drug-likeness (QED) is 0.249. The molecular formula is C28H28F6N6O. The summed E-state index contributed by atoms with van der Waals surface area (Å²) in [7, 11) is 1.31. The first-order valence-electron chi connectivity index (χ1n) is 13.0. The van der Waals surface area contributed by atoms with Crippen LogP contribution in [0.3, 0.4) is 0 Å². The molecule has 0 aliphatic heterocycles. The highest BCUT2D eigenvalue weighted by Gasteiger charge is 2.34. The van der Waals surface area contributed by atoms with Gasteiger partial charge in [0, 0.05) is 18.8 Å². The van der Waals surface area contributed by atoms with Gasteiger partial charge in [-0.05, 0) is 61.6 Å². The Morgan fingerprint density at radius 1 is 1.02 bits per heavy atom. The molecule has 1 aliphatic rings. The number of pyridine rings is 1. The number of halogens is 6. The van der Waals surface area contributed by atoms with Gasteiger partial charge >= 0.3 is 6.18 Å². The molecule has 0 bridgehead atoms. The maximum absolute atomic E-state index is 13.4. The smallest absolute Gasteiger partial charge is 0.267 e. The highest BCUT2D eigenvalue weighted by atomic mass is 19.4. The summed E-state index contributed by atoms with van der Waals surface area (Å²) in [6.45, 7) is 1.33. The second-order valence-electron chi connectivity index (χ2n) is 9.80. The topological polar surface area (TPSA) is 78.5 Å². The van der Waals surface area contributed by atoms with E-state index >= 15 is 0 Å². The Morgan fingerprint density at radius 2 is 1.76 bits per heavy atom. The summed E-state index contributed by atoms with van der Waals surface area (Å²) < 4.78 is 80.7. The van der Waals surface area contributed by atoms with Crippen LogP contribution in [0.4, 0.5) is 26.3 Å². The van der Waals surface area contributed by atoms with E-state index in [0.29, 0.717) is 5.56 Å². The van der Waals surface area contributed by atoms with Crippen molar-refractivity contribution in [2.75, 3.05) is 0 Å². The number of alkyl halides is 5. The van der Waals surface area contributed by atoms with Gasteiger partial charge in [-0.25, -0.2) is 27.5 Å². The summed E-state index contributed by atoms with van der Waals surface area (Å²) in [4.78, 5) is 20.9. The molecule has 0 saturated heterocycles. The molecule has 0 unspecified atom stereocenters. The van der Waals surface area contributed by atoms with Gasteiger partial charge in [-0.3, -0.25) is 9.78 Å². The molecule has 7 nitrogen and oxygen atoms in total. The van der Waals surface area contributed by atoms with Gasteiger partial charge in [0.15, 0.2) is 5.82 Å². The average Bonchev–Trinajstić information content (AvgIpc) is 3.32. The normalized spacial score (nSPS) is 14.2. The molecule has 0 spiro atoms. The maximum Gasteiger partial charge on any atom is 0.418 e. The van der Waals surface area contributed by atoms with E-state index in [0.717, 1.165) is 59.2 Å². The molecule has 5 rings (SSSR count). The Morgan fingerprint density at radius 3 is 2.34 bits per heavy atom. The molecule has 218 valence electrons. The number of aryl methyl sites for hydroxylation is 2. The predicted molar refractivity (Wildman–Crippen MR) is 139 cm³/mol. The molecular weight excluding hydrogens is 550 g/mol. The molecule has 13 heteroatoms. The molecule has 3 aromatic heterocycles. The van der Waals surface area contributed by atoms with Crippen molar-refractivity contribution in [3.63, 3.8) is 0 Å². The van der Waals surface area contributed by atoms with Gasteiger partial charge in [0.1, 0.15) is 11.5 Å². The summed E-state index contributed by atoms with van der Waals surface area (Å²) in [5, 5.41) is 8.12. The zero-order chi connectivity index (χ0) is 29.7. The van der Waals surface area contributed by atoms with E-state index in [9.17, 15) is 31.1 Å². The Bertz CT molecular complexity index is 1520. The lowest BCUT2D eigenvalue weighted by Crippen LogP contribution is -2.30. The molecule has 1 fully saturated rings. The summed E-state index contributed by atoms with van der Waals surface area (Å²) in [6, 6.07) is 10.0. The Hall–Kier alpha value is -4.03. The van der Waals surface area contributed by atoms with Crippen molar-refractivity contribution in [3.05, 3.63) is 93.0 Å². The number of hydrogen-bond donors (Lipinski definition) is 0. The SMILES string of the molecule is Cc1cccc(F)c1.Cn1nc(-c2cc(C3CCCCC3)c(=O)n(Cc3ncccc3C(F)(F)F)n2)nc1C(F)F. The third-order valence-corrected chi connectivity index (χ3v) is 6.74. The third-order valence-electron chi connectivity index (χ3n) is 6.74. The van der Waals surface area contributed by atoms with Gasteiger partial charge in [0.2, 0.25) is 5.82 Å². The molecule has 3 heterocycles. The Labute approximate surface area is 231 Å². The van der Waals surface area contributed by atoms with Crippen molar-refractivity contribution < 1.29 is 26.3 Å². The number of hydrogen-bond acceptors (Lipinski definition) is 5. The van der Waals surface area contributed by atoms with Crippen LogP contribution >= 0.6 is 0 Å². The predicted octanol–water partition coefficient (Wildman–Crippen LogP) is 6.62. The van der Waals surface area contributed by atoms with Crippen LogP contribution < -0.4 is 5.56 Å². The van der Waals surface area contributed by atoms with Crippen LogP contribution in [0.2, 0.25) is 0 Å². The van der Waals surface area contributed by atoms with Crippen molar-refractivity contribution in [1.82, 2.24) is 29.5 Å².